The van der Waals surface area contributed by atoms with Crippen LogP contribution in [0.1, 0.15) is 23.1 Å². The Morgan fingerprint density at radius 3 is 2.55 bits per heavy atom. The molecule has 3 aromatic carbocycles. The van der Waals surface area contributed by atoms with Gasteiger partial charge < -0.3 is 10.1 Å². The second-order valence-electron chi connectivity index (χ2n) is 8.62. The van der Waals surface area contributed by atoms with E-state index < -0.39 is 5.41 Å². The van der Waals surface area contributed by atoms with E-state index in [4.69, 9.17) is 4.74 Å². The highest BCUT2D eigenvalue weighted by Crippen LogP contribution is 2.50. The fourth-order valence-corrected chi connectivity index (χ4v) is 5.22. The topological polar surface area (TPSA) is 41.6 Å². The Balaban J connectivity index is 1.36. The van der Waals surface area contributed by atoms with Crippen LogP contribution >= 0.6 is 0 Å². The molecule has 0 saturated carbocycles. The van der Waals surface area contributed by atoms with Crippen molar-refractivity contribution in [3.8, 4) is 5.75 Å². The number of carbonyl (C=O) groups is 1. The molecule has 31 heavy (non-hydrogen) atoms. The average molecular weight is 413 g/mol. The standard InChI is InChI=1S/C27H28N2O2/c1-20-11-13-23(14-12-20)31-18-17-29-16-15-22(19-29)27(21-7-3-2-4-8-21)24-9-5-6-10-25(24)28-26(27)30/h2-14,22H,15-19H2,1H3,(H,28,30)/t22-,27?/m1/s1. The van der Waals surface area contributed by atoms with Gasteiger partial charge in [0.05, 0.1) is 0 Å². The van der Waals surface area contributed by atoms with Gasteiger partial charge in [0, 0.05) is 18.8 Å². The van der Waals surface area contributed by atoms with Crippen molar-refractivity contribution in [2.45, 2.75) is 18.8 Å². The molecule has 0 spiro atoms. The fraction of sp³-hybridized carbons (Fsp3) is 0.296. The van der Waals surface area contributed by atoms with Crippen LogP contribution in [0.4, 0.5) is 5.69 Å². The molecule has 0 aromatic heterocycles. The monoisotopic (exact) mass is 412 g/mol. The van der Waals surface area contributed by atoms with Crippen molar-refractivity contribution in [2.75, 3.05) is 31.6 Å². The van der Waals surface area contributed by atoms with Gasteiger partial charge in [0.15, 0.2) is 0 Å². The Bertz CT molecular complexity index is 1060. The molecule has 0 bridgehead atoms. The Morgan fingerprint density at radius 1 is 1.00 bits per heavy atom. The van der Waals surface area contributed by atoms with Crippen molar-refractivity contribution >= 4 is 11.6 Å². The molecule has 1 unspecified atom stereocenters. The number of hydrogen-bond donors (Lipinski definition) is 1. The van der Waals surface area contributed by atoms with E-state index in [1.54, 1.807) is 0 Å². The molecule has 2 aliphatic rings. The maximum absolute atomic E-state index is 13.5. The van der Waals surface area contributed by atoms with Crippen LogP contribution in [0, 0.1) is 12.8 Å². The summed E-state index contributed by atoms with van der Waals surface area (Å²) in [5.41, 5.74) is 3.73. The Hall–Kier alpha value is -3.11. The minimum atomic E-state index is -0.635. The second kappa shape index (κ2) is 8.20. The van der Waals surface area contributed by atoms with Gasteiger partial charge in [-0.15, -0.1) is 0 Å². The number of benzene rings is 3. The van der Waals surface area contributed by atoms with Gasteiger partial charge in [-0.2, -0.15) is 0 Å². The molecule has 1 amide bonds. The highest BCUT2D eigenvalue weighted by molar-refractivity contribution is 6.09. The third kappa shape index (κ3) is 3.51. The first-order valence-corrected chi connectivity index (χ1v) is 11.1. The number of aryl methyl sites for hydroxylation is 1. The van der Waals surface area contributed by atoms with Gasteiger partial charge in [-0.05, 0) is 55.1 Å². The number of hydrogen-bond acceptors (Lipinski definition) is 3. The van der Waals surface area contributed by atoms with Crippen molar-refractivity contribution in [3.05, 3.63) is 95.6 Å². The predicted molar refractivity (Wildman–Crippen MR) is 124 cm³/mol. The maximum atomic E-state index is 13.5. The highest BCUT2D eigenvalue weighted by atomic mass is 16.5. The lowest BCUT2D eigenvalue weighted by Gasteiger charge is -2.34. The number of para-hydroxylation sites is 1. The molecule has 1 fully saturated rings. The Kier molecular flexibility index (Phi) is 5.24. The van der Waals surface area contributed by atoms with E-state index >= 15 is 0 Å². The van der Waals surface area contributed by atoms with E-state index in [-0.39, 0.29) is 11.8 Å². The van der Waals surface area contributed by atoms with Gasteiger partial charge in [0.1, 0.15) is 17.8 Å². The van der Waals surface area contributed by atoms with Crippen LogP contribution in [-0.4, -0.2) is 37.0 Å². The Labute approximate surface area is 183 Å². The molecule has 3 aromatic rings. The third-order valence-corrected chi connectivity index (χ3v) is 6.77. The quantitative estimate of drug-likeness (QED) is 0.642. The predicted octanol–water partition coefficient (Wildman–Crippen LogP) is 4.63. The van der Waals surface area contributed by atoms with Crippen LogP contribution in [0.3, 0.4) is 0 Å². The molecule has 4 nitrogen and oxygen atoms in total. The zero-order valence-electron chi connectivity index (χ0n) is 17.9. The van der Waals surface area contributed by atoms with E-state index in [2.05, 4.69) is 47.5 Å². The number of rotatable bonds is 6. The summed E-state index contributed by atoms with van der Waals surface area (Å²) in [4.78, 5) is 15.9. The van der Waals surface area contributed by atoms with Crippen LogP contribution in [-0.2, 0) is 10.2 Å². The Morgan fingerprint density at radius 2 is 1.74 bits per heavy atom. The van der Waals surface area contributed by atoms with Crippen LogP contribution in [0.25, 0.3) is 0 Å². The van der Waals surface area contributed by atoms with E-state index in [1.807, 2.05) is 48.5 Å². The summed E-state index contributed by atoms with van der Waals surface area (Å²) in [7, 11) is 0. The highest BCUT2D eigenvalue weighted by Gasteiger charge is 2.54. The van der Waals surface area contributed by atoms with Gasteiger partial charge >= 0.3 is 0 Å². The maximum Gasteiger partial charge on any atom is 0.239 e. The lowest BCUT2D eigenvalue weighted by atomic mass is 9.66. The molecule has 0 radical (unpaired) electrons. The number of anilines is 1. The first kappa shape index (κ1) is 19.8. The van der Waals surface area contributed by atoms with E-state index in [9.17, 15) is 4.79 Å². The normalized spacial score (nSPS) is 22.9. The fourth-order valence-electron chi connectivity index (χ4n) is 5.22. The molecule has 158 valence electrons. The minimum absolute atomic E-state index is 0.0997. The number of carbonyl (C=O) groups excluding carboxylic acids is 1. The molecular weight excluding hydrogens is 384 g/mol. The lowest BCUT2D eigenvalue weighted by Crippen LogP contribution is -2.44. The van der Waals surface area contributed by atoms with Crippen LogP contribution in [0.2, 0.25) is 0 Å². The zero-order chi connectivity index (χ0) is 21.3. The van der Waals surface area contributed by atoms with Gasteiger partial charge in [-0.3, -0.25) is 9.69 Å². The summed E-state index contributed by atoms with van der Waals surface area (Å²) in [6, 6.07) is 26.6. The van der Waals surface area contributed by atoms with Crippen molar-refractivity contribution in [1.29, 1.82) is 0 Å². The summed E-state index contributed by atoms with van der Waals surface area (Å²) < 4.78 is 5.95. The van der Waals surface area contributed by atoms with Gasteiger partial charge in [0.25, 0.3) is 0 Å². The summed E-state index contributed by atoms with van der Waals surface area (Å²) in [5.74, 6) is 1.23. The number of likely N-dealkylation sites (tertiary alicyclic amines) is 1. The van der Waals surface area contributed by atoms with Crippen molar-refractivity contribution in [3.63, 3.8) is 0 Å². The summed E-state index contributed by atoms with van der Waals surface area (Å²) in [6.07, 6.45) is 0.987. The van der Waals surface area contributed by atoms with Gasteiger partial charge in [-0.25, -0.2) is 0 Å². The molecule has 2 aliphatic heterocycles. The summed E-state index contributed by atoms with van der Waals surface area (Å²) in [5, 5.41) is 3.17. The van der Waals surface area contributed by atoms with E-state index in [0.717, 1.165) is 48.6 Å². The van der Waals surface area contributed by atoms with Gasteiger partial charge in [-0.1, -0.05) is 66.2 Å². The molecule has 2 atom stereocenters. The van der Waals surface area contributed by atoms with Gasteiger partial charge in [0.2, 0.25) is 5.91 Å². The molecule has 2 heterocycles. The SMILES string of the molecule is Cc1ccc(OCCN2CC[C@@H](C3(c4ccccc4)C(=O)Nc4ccccc43)C2)cc1. The lowest BCUT2D eigenvalue weighted by molar-refractivity contribution is -0.121. The zero-order valence-corrected chi connectivity index (χ0v) is 17.9. The minimum Gasteiger partial charge on any atom is -0.492 e. The number of fused-ring (bicyclic) bond motifs is 1. The van der Waals surface area contributed by atoms with Crippen LogP contribution in [0.15, 0.2) is 78.9 Å². The van der Waals surface area contributed by atoms with Crippen molar-refractivity contribution in [2.24, 2.45) is 5.92 Å². The molecule has 1 N–H and O–H groups in total. The summed E-state index contributed by atoms with van der Waals surface area (Å²) >= 11 is 0. The van der Waals surface area contributed by atoms with Crippen LogP contribution in [0.5, 0.6) is 5.75 Å². The molecule has 0 aliphatic carbocycles. The van der Waals surface area contributed by atoms with Crippen LogP contribution < -0.4 is 10.1 Å². The van der Waals surface area contributed by atoms with E-state index in [1.165, 1.54) is 5.56 Å². The van der Waals surface area contributed by atoms with Crippen molar-refractivity contribution in [1.82, 2.24) is 4.90 Å². The molecule has 5 rings (SSSR count). The molecule has 1 saturated heterocycles. The first-order chi connectivity index (χ1) is 15.2. The first-order valence-electron chi connectivity index (χ1n) is 11.1. The number of nitrogens with one attached hydrogen (secondary N) is 1. The van der Waals surface area contributed by atoms with E-state index in [0.29, 0.717) is 6.61 Å². The molecule has 4 heteroatoms. The molecular formula is C27H28N2O2. The second-order valence-corrected chi connectivity index (χ2v) is 8.62. The number of ether oxygens (including phenoxy) is 1. The van der Waals surface area contributed by atoms with Crippen molar-refractivity contribution < 1.29 is 9.53 Å². The smallest absolute Gasteiger partial charge is 0.239 e. The summed E-state index contributed by atoms with van der Waals surface area (Å²) in [6.45, 7) is 5.45. The average Bonchev–Trinajstić information content (AvgIpc) is 3.38. The third-order valence-electron chi connectivity index (χ3n) is 6.77. The largest absolute Gasteiger partial charge is 0.492 e. The number of amides is 1. The number of nitrogens with zero attached hydrogens (tertiary/aromatic N) is 1.